The fraction of sp³-hybridized carbons (Fsp3) is 0.235. The molecule has 0 aliphatic heterocycles. The molecule has 1 aromatic carbocycles. The Morgan fingerprint density at radius 2 is 1.88 bits per heavy atom. The van der Waals surface area contributed by atoms with Crippen LogP contribution in [0.25, 0.3) is 0 Å². The minimum Gasteiger partial charge on any atom is -0.494 e. The molecule has 0 aliphatic carbocycles. The number of carbonyl (C=O) groups excluding carboxylic acids is 3. The Bertz CT molecular complexity index is 756. The maximum atomic E-state index is 11.7. The second kappa shape index (κ2) is 9.03. The standard InChI is InChI=1S/C17H18BrN3O4/c1-11(22)12-4-6-14(7-5-12)25-8-2-3-16(23)20-21-17(24)15-9-13(18)10-19-15/h4-7,9-10,19H,2-3,8H2,1H3,(H,20,23)(H,21,24). The van der Waals surface area contributed by atoms with E-state index in [2.05, 4.69) is 31.8 Å². The fourth-order valence-corrected chi connectivity index (χ4v) is 2.31. The van der Waals surface area contributed by atoms with E-state index in [1.807, 2.05) is 0 Å². The molecule has 3 N–H and O–H groups in total. The molecule has 0 spiro atoms. The zero-order valence-electron chi connectivity index (χ0n) is 13.6. The number of carbonyl (C=O) groups is 3. The van der Waals surface area contributed by atoms with Gasteiger partial charge in [0.2, 0.25) is 5.91 Å². The first-order valence-electron chi connectivity index (χ1n) is 7.62. The summed E-state index contributed by atoms with van der Waals surface area (Å²) in [7, 11) is 0. The van der Waals surface area contributed by atoms with E-state index >= 15 is 0 Å². The highest BCUT2D eigenvalue weighted by atomic mass is 79.9. The van der Waals surface area contributed by atoms with Crippen molar-refractivity contribution in [2.24, 2.45) is 0 Å². The van der Waals surface area contributed by atoms with Crippen LogP contribution in [0.5, 0.6) is 5.75 Å². The summed E-state index contributed by atoms with van der Waals surface area (Å²) < 4.78 is 6.25. The highest BCUT2D eigenvalue weighted by Gasteiger charge is 2.09. The maximum Gasteiger partial charge on any atom is 0.286 e. The van der Waals surface area contributed by atoms with Crippen LogP contribution in [0.4, 0.5) is 0 Å². The number of H-pyrrole nitrogens is 1. The van der Waals surface area contributed by atoms with Gasteiger partial charge in [-0.25, -0.2) is 0 Å². The molecular weight excluding hydrogens is 390 g/mol. The van der Waals surface area contributed by atoms with Gasteiger partial charge in [-0.3, -0.25) is 25.2 Å². The predicted molar refractivity (Wildman–Crippen MR) is 95.3 cm³/mol. The first-order chi connectivity index (χ1) is 12.0. The summed E-state index contributed by atoms with van der Waals surface area (Å²) in [5.41, 5.74) is 5.63. The Morgan fingerprint density at radius 1 is 1.16 bits per heavy atom. The second-order valence-corrected chi connectivity index (χ2v) is 6.18. The van der Waals surface area contributed by atoms with Crippen LogP contribution in [-0.2, 0) is 4.79 Å². The van der Waals surface area contributed by atoms with Gasteiger partial charge in [0.15, 0.2) is 5.78 Å². The molecule has 0 bridgehead atoms. The number of benzene rings is 1. The number of hydrazine groups is 1. The first kappa shape index (κ1) is 18.7. The first-order valence-corrected chi connectivity index (χ1v) is 8.42. The van der Waals surface area contributed by atoms with Crippen LogP contribution in [0.15, 0.2) is 41.0 Å². The van der Waals surface area contributed by atoms with Gasteiger partial charge in [0.25, 0.3) is 5.91 Å². The number of rotatable bonds is 7. The second-order valence-electron chi connectivity index (χ2n) is 5.27. The molecular formula is C17H18BrN3O4. The van der Waals surface area contributed by atoms with Gasteiger partial charge in [0, 0.05) is 22.7 Å². The number of aromatic nitrogens is 1. The zero-order chi connectivity index (χ0) is 18.2. The van der Waals surface area contributed by atoms with Gasteiger partial charge in [-0.1, -0.05) is 0 Å². The Kier molecular flexibility index (Phi) is 6.76. The van der Waals surface area contributed by atoms with Crippen LogP contribution in [0, 0.1) is 0 Å². The van der Waals surface area contributed by atoms with Crippen LogP contribution < -0.4 is 15.6 Å². The lowest BCUT2D eigenvalue weighted by Gasteiger charge is -2.08. The number of hydrogen-bond donors (Lipinski definition) is 3. The van der Waals surface area contributed by atoms with Gasteiger partial charge in [-0.15, -0.1) is 0 Å². The van der Waals surface area contributed by atoms with E-state index in [4.69, 9.17) is 4.74 Å². The van der Waals surface area contributed by atoms with E-state index in [9.17, 15) is 14.4 Å². The number of Topliss-reactive ketones (excluding diaryl/α,β-unsaturated/α-hetero) is 1. The van der Waals surface area contributed by atoms with Crippen molar-refractivity contribution < 1.29 is 19.1 Å². The third-order valence-corrected chi connectivity index (χ3v) is 3.74. The smallest absolute Gasteiger partial charge is 0.286 e. The number of amides is 2. The van der Waals surface area contributed by atoms with Crippen LogP contribution >= 0.6 is 15.9 Å². The van der Waals surface area contributed by atoms with Gasteiger partial charge in [-0.2, -0.15) is 0 Å². The molecule has 7 nitrogen and oxygen atoms in total. The van der Waals surface area contributed by atoms with Gasteiger partial charge in [0.05, 0.1) is 6.61 Å². The van der Waals surface area contributed by atoms with Crippen molar-refractivity contribution in [1.82, 2.24) is 15.8 Å². The number of aromatic amines is 1. The molecule has 2 aromatic rings. The van der Waals surface area contributed by atoms with Crippen molar-refractivity contribution in [2.45, 2.75) is 19.8 Å². The van der Waals surface area contributed by atoms with Crippen molar-refractivity contribution in [2.75, 3.05) is 6.61 Å². The molecule has 0 radical (unpaired) electrons. The van der Waals surface area contributed by atoms with Crippen molar-refractivity contribution in [3.05, 3.63) is 52.3 Å². The van der Waals surface area contributed by atoms with E-state index in [-0.39, 0.29) is 18.1 Å². The summed E-state index contributed by atoms with van der Waals surface area (Å²) in [6.07, 6.45) is 2.32. The minimum absolute atomic E-state index is 0.00280. The van der Waals surface area contributed by atoms with Crippen LogP contribution in [0.3, 0.4) is 0 Å². The lowest BCUT2D eigenvalue weighted by molar-refractivity contribution is -0.122. The fourth-order valence-electron chi connectivity index (χ4n) is 1.96. The van der Waals surface area contributed by atoms with E-state index in [1.54, 1.807) is 36.5 Å². The molecule has 2 rings (SSSR count). The molecule has 0 fully saturated rings. The van der Waals surface area contributed by atoms with Crippen LogP contribution in [-0.4, -0.2) is 29.2 Å². The summed E-state index contributed by atoms with van der Waals surface area (Å²) in [6, 6.07) is 8.42. The Labute approximate surface area is 153 Å². The van der Waals surface area contributed by atoms with Crippen molar-refractivity contribution in [1.29, 1.82) is 0 Å². The molecule has 1 aromatic heterocycles. The van der Waals surface area contributed by atoms with E-state index in [0.717, 1.165) is 4.47 Å². The lowest BCUT2D eigenvalue weighted by Crippen LogP contribution is -2.41. The van der Waals surface area contributed by atoms with E-state index in [1.165, 1.54) is 6.92 Å². The predicted octanol–water partition coefficient (Wildman–Crippen LogP) is 2.60. The van der Waals surface area contributed by atoms with E-state index in [0.29, 0.717) is 30.0 Å². The Morgan fingerprint density at radius 3 is 2.48 bits per heavy atom. The Balaban J connectivity index is 1.63. The monoisotopic (exact) mass is 407 g/mol. The summed E-state index contributed by atoms with van der Waals surface area (Å²) in [5, 5.41) is 0. The maximum absolute atomic E-state index is 11.7. The summed E-state index contributed by atoms with van der Waals surface area (Å²) in [6.45, 7) is 1.85. The van der Waals surface area contributed by atoms with Gasteiger partial charge in [-0.05, 0) is 59.6 Å². The topological polar surface area (TPSA) is 100 Å². The van der Waals surface area contributed by atoms with E-state index < -0.39 is 5.91 Å². The van der Waals surface area contributed by atoms with Crippen molar-refractivity contribution in [3.63, 3.8) is 0 Å². The van der Waals surface area contributed by atoms with Crippen molar-refractivity contribution in [3.8, 4) is 5.75 Å². The SMILES string of the molecule is CC(=O)c1ccc(OCCCC(=O)NNC(=O)c2cc(Br)c[nH]2)cc1. The molecule has 0 aliphatic rings. The molecule has 0 saturated carbocycles. The summed E-state index contributed by atoms with van der Waals surface area (Å²) in [4.78, 5) is 37.3. The average Bonchev–Trinajstić information content (AvgIpc) is 3.03. The number of nitrogens with one attached hydrogen (secondary N) is 3. The van der Waals surface area contributed by atoms with Gasteiger partial charge < -0.3 is 9.72 Å². The van der Waals surface area contributed by atoms with Gasteiger partial charge >= 0.3 is 0 Å². The molecule has 2 amide bonds. The molecule has 0 saturated heterocycles. The Hall–Kier alpha value is -2.61. The molecule has 25 heavy (non-hydrogen) atoms. The molecule has 132 valence electrons. The molecule has 0 atom stereocenters. The minimum atomic E-state index is -0.430. The van der Waals surface area contributed by atoms with Gasteiger partial charge in [0.1, 0.15) is 11.4 Å². The molecule has 8 heteroatoms. The van der Waals surface area contributed by atoms with Crippen molar-refractivity contribution >= 4 is 33.5 Å². The number of hydrogen-bond acceptors (Lipinski definition) is 4. The quantitative estimate of drug-likeness (QED) is 0.373. The number of ketones is 1. The normalized spacial score (nSPS) is 10.2. The highest BCUT2D eigenvalue weighted by molar-refractivity contribution is 9.10. The largest absolute Gasteiger partial charge is 0.494 e. The van der Waals surface area contributed by atoms with Crippen LogP contribution in [0.1, 0.15) is 40.6 Å². The third kappa shape index (κ3) is 6.07. The third-order valence-electron chi connectivity index (χ3n) is 3.29. The average molecular weight is 408 g/mol. The molecule has 0 unspecified atom stereocenters. The summed E-state index contributed by atoms with van der Waals surface area (Å²) in [5.74, 6) is -0.108. The zero-order valence-corrected chi connectivity index (χ0v) is 15.2. The number of ether oxygens (including phenoxy) is 1. The lowest BCUT2D eigenvalue weighted by atomic mass is 10.1. The highest BCUT2D eigenvalue weighted by Crippen LogP contribution is 2.13. The number of halogens is 1. The molecule has 1 heterocycles. The summed E-state index contributed by atoms with van der Waals surface area (Å²) >= 11 is 3.22. The van der Waals surface area contributed by atoms with Crippen LogP contribution in [0.2, 0.25) is 0 Å².